The lowest BCUT2D eigenvalue weighted by Gasteiger charge is -2.16. The maximum absolute atomic E-state index is 12.7. The first kappa shape index (κ1) is 15.5. The van der Waals surface area contributed by atoms with Crippen molar-refractivity contribution in [2.24, 2.45) is 0 Å². The van der Waals surface area contributed by atoms with Crippen LogP contribution in [0.1, 0.15) is 23.6 Å². The number of nitrogens with one attached hydrogen (secondary N) is 1. The predicted octanol–water partition coefficient (Wildman–Crippen LogP) is 3.42. The molecule has 1 aliphatic rings. The fraction of sp³-hybridized carbons (Fsp3) is 0.250. The molecule has 3 rings (SSSR count). The Hall–Kier alpha value is -1.37. The first-order chi connectivity index (χ1) is 10.5. The maximum Gasteiger partial charge on any atom is 0.244 e. The van der Waals surface area contributed by atoms with Crippen LogP contribution in [-0.4, -0.2) is 15.5 Å². The zero-order valence-corrected chi connectivity index (χ0v) is 14.4. The highest BCUT2D eigenvalue weighted by Gasteiger charge is 2.28. The molecule has 0 heterocycles. The van der Waals surface area contributed by atoms with Gasteiger partial charge >= 0.3 is 0 Å². The molecule has 0 radical (unpaired) electrons. The molecule has 0 spiro atoms. The Kier molecular flexibility index (Phi) is 4.25. The molecule has 116 valence electrons. The zero-order valence-electron chi connectivity index (χ0n) is 12.0. The van der Waals surface area contributed by atoms with Gasteiger partial charge in [0.1, 0.15) is 10.6 Å². The molecular weight excluding hydrogens is 366 g/mol. The van der Waals surface area contributed by atoms with E-state index >= 15 is 0 Å². The summed E-state index contributed by atoms with van der Waals surface area (Å²) in [5.41, 5.74) is 2.26. The summed E-state index contributed by atoms with van der Waals surface area (Å²) in [4.78, 5) is 0.147. The first-order valence-electron chi connectivity index (χ1n) is 6.95. The standard InChI is InChI=1S/C16H16BrNO3S/c1-21-15-9-7-12(17)10-16(15)22(19,20)18-14-8-6-11-4-2-3-5-13(11)14/h2-5,7,9-10,14,18H,6,8H2,1H3. The third-order valence-electron chi connectivity index (χ3n) is 3.85. The van der Waals surface area contributed by atoms with Gasteiger partial charge in [-0.1, -0.05) is 40.2 Å². The van der Waals surface area contributed by atoms with Crippen LogP contribution in [0.25, 0.3) is 0 Å². The van der Waals surface area contributed by atoms with Crippen LogP contribution in [0.3, 0.4) is 0 Å². The van der Waals surface area contributed by atoms with Crippen molar-refractivity contribution in [2.45, 2.75) is 23.8 Å². The van der Waals surface area contributed by atoms with Crippen LogP contribution >= 0.6 is 15.9 Å². The summed E-state index contributed by atoms with van der Waals surface area (Å²) in [5, 5.41) is 0. The first-order valence-corrected chi connectivity index (χ1v) is 9.22. The molecule has 4 nitrogen and oxygen atoms in total. The van der Waals surface area contributed by atoms with Crippen molar-refractivity contribution in [1.82, 2.24) is 4.72 Å². The average Bonchev–Trinajstić information content (AvgIpc) is 2.90. The van der Waals surface area contributed by atoms with Crippen LogP contribution in [0.5, 0.6) is 5.75 Å². The molecule has 0 aliphatic heterocycles. The van der Waals surface area contributed by atoms with Crippen LogP contribution in [0, 0.1) is 0 Å². The molecular formula is C16H16BrNO3S. The Morgan fingerprint density at radius 1 is 1.23 bits per heavy atom. The number of halogens is 1. The Labute approximate surface area is 138 Å². The number of sulfonamides is 1. The summed E-state index contributed by atoms with van der Waals surface area (Å²) in [7, 11) is -2.19. The summed E-state index contributed by atoms with van der Waals surface area (Å²) in [6.07, 6.45) is 1.66. The molecule has 0 aromatic heterocycles. The van der Waals surface area contributed by atoms with Gasteiger partial charge in [0.25, 0.3) is 0 Å². The molecule has 22 heavy (non-hydrogen) atoms. The number of hydrogen-bond acceptors (Lipinski definition) is 3. The third-order valence-corrected chi connectivity index (χ3v) is 5.83. The van der Waals surface area contributed by atoms with Crippen LogP contribution in [0.4, 0.5) is 0 Å². The molecule has 0 saturated heterocycles. The van der Waals surface area contributed by atoms with E-state index in [1.165, 1.54) is 12.7 Å². The largest absolute Gasteiger partial charge is 0.495 e. The molecule has 0 amide bonds. The van der Waals surface area contributed by atoms with Gasteiger partial charge in [-0.25, -0.2) is 13.1 Å². The normalized spacial score (nSPS) is 17.3. The molecule has 2 aromatic rings. The van der Waals surface area contributed by atoms with Gasteiger partial charge in [-0.15, -0.1) is 0 Å². The lowest BCUT2D eigenvalue weighted by Crippen LogP contribution is -2.27. The van der Waals surface area contributed by atoms with Gasteiger partial charge in [-0.3, -0.25) is 0 Å². The molecule has 1 aliphatic carbocycles. The second-order valence-corrected chi connectivity index (χ2v) is 7.80. The van der Waals surface area contributed by atoms with E-state index < -0.39 is 10.0 Å². The van der Waals surface area contributed by atoms with Gasteiger partial charge in [-0.2, -0.15) is 0 Å². The smallest absolute Gasteiger partial charge is 0.244 e. The second-order valence-electron chi connectivity index (χ2n) is 5.21. The van der Waals surface area contributed by atoms with Gasteiger partial charge < -0.3 is 4.74 Å². The number of aryl methyl sites for hydroxylation is 1. The molecule has 1 N–H and O–H groups in total. The van der Waals surface area contributed by atoms with E-state index in [-0.39, 0.29) is 10.9 Å². The molecule has 2 aromatic carbocycles. The molecule has 6 heteroatoms. The Morgan fingerprint density at radius 2 is 2.00 bits per heavy atom. The van der Waals surface area contributed by atoms with Gasteiger partial charge in [0.2, 0.25) is 10.0 Å². The minimum Gasteiger partial charge on any atom is -0.495 e. The van der Waals surface area contributed by atoms with E-state index in [1.54, 1.807) is 18.2 Å². The van der Waals surface area contributed by atoms with E-state index in [1.807, 2.05) is 24.3 Å². The number of hydrogen-bond donors (Lipinski definition) is 1. The van der Waals surface area contributed by atoms with E-state index in [2.05, 4.69) is 20.7 Å². The van der Waals surface area contributed by atoms with E-state index in [9.17, 15) is 8.42 Å². The van der Waals surface area contributed by atoms with Gasteiger partial charge in [0, 0.05) is 10.5 Å². The SMILES string of the molecule is COc1ccc(Br)cc1S(=O)(=O)NC1CCc2ccccc21. The van der Waals surface area contributed by atoms with Crippen molar-refractivity contribution in [1.29, 1.82) is 0 Å². The van der Waals surface area contributed by atoms with E-state index in [4.69, 9.17) is 4.74 Å². The minimum atomic E-state index is -3.66. The van der Waals surface area contributed by atoms with Gasteiger partial charge in [0.15, 0.2) is 0 Å². The number of ether oxygens (including phenoxy) is 1. The van der Waals surface area contributed by atoms with Crippen molar-refractivity contribution >= 4 is 26.0 Å². The lowest BCUT2D eigenvalue weighted by molar-refractivity contribution is 0.402. The molecule has 0 fully saturated rings. The molecule has 1 atom stereocenters. The average molecular weight is 382 g/mol. The number of methoxy groups -OCH3 is 1. The summed E-state index contributed by atoms with van der Waals surface area (Å²) in [6, 6.07) is 12.7. The minimum absolute atomic E-state index is 0.147. The highest BCUT2D eigenvalue weighted by Crippen LogP contribution is 2.34. The lowest BCUT2D eigenvalue weighted by atomic mass is 10.1. The topological polar surface area (TPSA) is 55.4 Å². The van der Waals surface area contributed by atoms with Crippen LogP contribution < -0.4 is 9.46 Å². The Bertz CT molecular complexity index is 805. The highest BCUT2D eigenvalue weighted by molar-refractivity contribution is 9.10. The van der Waals surface area contributed by atoms with E-state index in [0.717, 1.165) is 18.4 Å². The molecule has 0 bridgehead atoms. The van der Waals surface area contributed by atoms with Crippen LogP contribution in [0.2, 0.25) is 0 Å². The van der Waals surface area contributed by atoms with Crippen molar-refractivity contribution in [3.63, 3.8) is 0 Å². The Morgan fingerprint density at radius 3 is 2.77 bits per heavy atom. The van der Waals surface area contributed by atoms with Gasteiger partial charge in [-0.05, 0) is 42.2 Å². The Balaban J connectivity index is 1.94. The third kappa shape index (κ3) is 2.91. The molecule has 0 saturated carbocycles. The van der Waals surface area contributed by atoms with Crippen molar-refractivity contribution in [3.8, 4) is 5.75 Å². The zero-order chi connectivity index (χ0) is 15.7. The van der Waals surface area contributed by atoms with Crippen LogP contribution in [-0.2, 0) is 16.4 Å². The fourth-order valence-electron chi connectivity index (χ4n) is 2.79. The quantitative estimate of drug-likeness (QED) is 0.882. The van der Waals surface area contributed by atoms with Crippen molar-refractivity contribution in [2.75, 3.05) is 7.11 Å². The second kappa shape index (κ2) is 6.02. The number of fused-ring (bicyclic) bond motifs is 1. The van der Waals surface area contributed by atoms with Crippen LogP contribution in [0.15, 0.2) is 51.8 Å². The fourth-order valence-corrected chi connectivity index (χ4v) is 4.75. The number of benzene rings is 2. The maximum atomic E-state index is 12.7. The summed E-state index contributed by atoms with van der Waals surface area (Å²) >= 11 is 3.31. The van der Waals surface area contributed by atoms with Crippen molar-refractivity contribution in [3.05, 3.63) is 58.1 Å². The summed E-state index contributed by atoms with van der Waals surface area (Å²) < 4.78 is 34.1. The highest BCUT2D eigenvalue weighted by atomic mass is 79.9. The van der Waals surface area contributed by atoms with E-state index in [0.29, 0.717) is 10.2 Å². The van der Waals surface area contributed by atoms with Crippen molar-refractivity contribution < 1.29 is 13.2 Å². The summed E-state index contributed by atoms with van der Waals surface area (Å²) in [5.74, 6) is 0.335. The molecule has 1 unspecified atom stereocenters. The number of rotatable bonds is 4. The monoisotopic (exact) mass is 381 g/mol. The van der Waals surface area contributed by atoms with Gasteiger partial charge in [0.05, 0.1) is 7.11 Å². The predicted molar refractivity (Wildman–Crippen MR) is 88.5 cm³/mol. The summed E-state index contributed by atoms with van der Waals surface area (Å²) in [6.45, 7) is 0.